The molecule has 2 rings (SSSR count). The molecule has 102 valence electrons. The zero-order valence-corrected chi connectivity index (χ0v) is 11.7. The number of aromatic hydroxyl groups is 1. The summed E-state index contributed by atoms with van der Waals surface area (Å²) in [5.74, 6) is -0.397. The molecule has 2 aromatic carbocycles. The maximum Gasteiger partial charge on any atom is 0.271 e. The van der Waals surface area contributed by atoms with Gasteiger partial charge in [0.15, 0.2) is 0 Å². The summed E-state index contributed by atoms with van der Waals surface area (Å²) in [4.78, 5) is 11.8. The molecule has 0 aliphatic rings. The Morgan fingerprint density at radius 2 is 1.85 bits per heavy atom. The first kappa shape index (κ1) is 14.4. The normalized spacial score (nSPS) is 10.7. The molecule has 0 heterocycles. The average Bonchev–Trinajstić information content (AvgIpc) is 2.42. The molecule has 2 aromatic rings. The Hall–Kier alpha value is -2.04. The topological polar surface area (TPSA) is 61.7 Å². The number of carbonyl (C=O) groups excluding carboxylic acids is 1. The van der Waals surface area contributed by atoms with Crippen LogP contribution in [0.4, 0.5) is 0 Å². The Morgan fingerprint density at radius 3 is 2.50 bits per heavy atom. The number of nitrogens with zero attached hydrogens (tertiary/aromatic N) is 1. The van der Waals surface area contributed by atoms with Crippen LogP contribution in [0.5, 0.6) is 5.75 Å². The molecule has 20 heavy (non-hydrogen) atoms. The van der Waals surface area contributed by atoms with Crippen molar-refractivity contribution in [3.8, 4) is 5.75 Å². The predicted octanol–water partition coefficient (Wildman–Crippen LogP) is 3.46. The van der Waals surface area contributed by atoms with Gasteiger partial charge in [-0.3, -0.25) is 4.79 Å². The highest BCUT2D eigenvalue weighted by Crippen LogP contribution is 2.22. The Balaban J connectivity index is 2.06. The average molecular weight is 309 g/mol. The monoisotopic (exact) mass is 308 g/mol. The van der Waals surface area contributed by atoms with Crippen LogP contribution < -0.4 is 5.43 Å². The van der Waals surface area contributed by atoms with Crippen molar-refractivity contribution >= 4 is 35.3 Å². The molecule has 0 aromatic heterocycles. The molecule has 0 spiro atoms. The summed E-state index contributed by atoms with van der Waals surface area (Å²) in [6.45, 7) is 0. The molecule has 4 nitrogen and oxygen atoms in total. The van der Waals surface area contributed by atoms with Gasteiger partial charge in [0.05, 0.1) is 16.8 Å². The van der Waals surface area contributed by atoms with E-state index in [-0.39, 0.29) is 11.7 Å². The molecule has 0 saturated carbocycles. The molecular formula is C14H10Cl2N2O2. The first-order valence-electron chi connectivity index (χ1n) is 5.64. The molecule has 0 saturated heterocycles. The van der Waals surface area contributed by atoms with Gasteiger partial charge < -0.3 is 5.11 Å². The summed E-state index contributed by atoms with van der Waals surface area (Å²) in [5.41, 5.74) is 3.10. The highest BCUT2D eigenvalue weighted by atomic mass is 35.5. The van der Waals surface area contributed by atoms with E-state index in [4.69, 9.17) is 23.2 Å². The van der Waals surface area contributed by atoms with Crippen LogP contribution in [-0.2, 0) is 0 Å². The molecule has 0 fully saturated rings. The summed E-state index contributed by atoms with van der Waals surface area (Å²) in [6.07, 6.45) is 1.28. The van der Waals surface area contributed by atoms with Gasteiger partial charge in [0.25, 0.3) is 5.91 Å². The Morgan fingerprint density at radius 1 is 1.15 bits per heavy atom. The maximum absolute atomic E-state index is 11.8. The summed E-state index contributed by atoms with van der Waals surface area (Å²) in [7, 11) is 0. The number of benzene rings is 2. The van der Waals surface area contributed by atoms with Crippen molar-refractivity contribution in [3.05, 3.63) is 63.6 Å². The lowest BCUT2D eigenvalue weighted by atomic mass is 10.2. The van der Waals surface area contributed by atoms with Crippen molar-refractivity contribution in [1.29, 1.82) is 0 Å². The van der Waals surface area contributed by atoms with Crippen molar-refractivity contribution < 1.29 is 9.90 Å². The van der Waals surface area contributed by atoms with Crippen molar-refractivity contribution in [2.24, 2.45) is 5.10 Å². The minimum absolute atomic E-state index is 0.0120. The van der Waals surface area contributed by atoms with Crippen LogP contribution in [0.3, 0.4) is 0 Å². The molecule has 2 N–H and O–H groups in total. The van der Waals surface area contributed by atoms with Gasteiger partial charge in [0, 0.05) is 10.6 Å². The molecule has 0 bridgehead atoms. The highest BCUT2D eigenvalue weighted by Gasteiger charge is 2.05. The lowest BCUT2D eigenvalue weighted by Crippen LogP contribution is -2.17. The number of phenolic OH excluding ortho intramolecular Hbond substituents is 1. The molecule has 0 aliphatic carbocycles. The Bertz CT molecular complexity index is 634. The lowest BCUT2D eigenvalue weighted by Gasteiger charge is -2.02. The van der Waals surface area contributed by atoms with Crippen LogP contribution in [-0.4, -0.2) is 17.2 Å². The summed E-state index contributed by atoms with van der Waals surface area (Å²) < 4.78 is 0. The van der Waals surface area contributed by atoms with Crippen molar-refractivity contribution in [1.82, 2.24) is 5.43 Å². The quantitative estimate of drug-likeness (QED) is 0.674. The molecule has 0 unspecified atom stereocenters. The van der Waals surface area contributed by atoms with Gasteiger partial charge in [0.1, 0.15) is 5.75 Å². The number of hydrogen-bond donors (Lipinski definition) is 2. The smallest absolute Gasteiger partial charge is 0.271 e. The fraction of sp³-hybridized carbons (Fsp3) is 0. The van der Waals surface area contributed by atoms with Crippen molar-refractivity contribution in [2.45, 2.75) is 0 Å². The zero-order valence-electron chi connectivity index (χ0n) is 10.2. The zero-order chi connectivity index (χ0) is 14.5. The van der Waals surface area contributed by atoms with Gasteiger partial charge in [-0.2, -0.15) is 5.10 Å². The Labute approximate surface area is 125 Å². The van der Waals surface area contributed by atoms with Crippen LogP contribution in [0.25, 0.3) is 0 Å². The van der Waals surface area contributed by atoms with Crippen LogP contribution in [0.15, 0.2) is 47.6 Å². The van der Waals surface area contributed by atoms with E-state index in [0.717, 1.165) is 0 Å². The predicted molar refractivity (Wildman–Crippen MR) is 79.6 cm³/mol. The lowest BCUT2D eigenvalue weighted by molar-refractivity contribution is 0.0955. The van der Waals surface area contributed by atoms with E-state index in [1.54, 1.807) is 36.4 Å². The molecule has 0 aliphatic heterocycles. The third-order valence-electron chi connectivity index (χ3n) is 2.50. The first-order valence-corrected chi connectivity index (χ1v) is 6.40. The SMILES string of the molecule is O=C(N/N=C/c1c(O)cccc1Cl)c1ccc(Cl)cc1. The molecule has 6 heteroatoms. The number of hydrazone groups is 1. The number of nitrogens with one attached hydrogen (secondary N) is 1. The van der Waals surface area contributed by atoms with E-state index < -0.39 is 0 Å². The molecule has 0 radical (unpaired) electrons. The van der Waals surface area contributed by atoms with E-state index in [1.807, 2.05) is 0 Å². The van der Waals surface area contributed by atoms with Crippen LogP contribution in [0.1, 0.15) is 15.9 Å². The number of hydrogen-bond acceptors (Lipinski definition) is 3. The molecule has 1 amide bonds. The highest BCUT2D eigenvalue weighted by molar-refractivity contribution is 6.33. The third-order valence-corrected chi connectivity index (χ3v) is 3.08. The van der Waals surface area contributed by atoms with Crippen LogP contribution >= 0.6 is 23.2 Å². The van der Waals surface area contributed by atoms with Gasteiger partial charge >= 0.3 is 0 Å². The second kappa shape index (κ2) is 6.41. The van der Waals surface area contributed by atoms with E-state index in [9.17, 15) is 9.90 Å². The van der Waals surface area contributed by atoms with Gasteiger partial charge in [-0.1, -0.05) is 29.3 Å². The summed E-state index contributed by atoms with van der Waals surface area (Å²) >= 11 is 11.6. The van der Waals surface area contributed by atoms with E-state index in [1.165, 1.54) is 12.3 Å². The number of halogens is 2. The fourth-order valence-electron chi connectivity index (χ4n) is 1.47. The van der Waals surface area contributed by atoms with Gasteiger partial charge in [0.2, 0.25) is 0 Å². The van der Waals surface area contributed by atoms with Crippen LogP contribution in [0.2, 0.25) is 10.0 Å². The largest absolute Gasteiger partial charge is 0.507 e. The number of phenols is 1. The van der Waals surface area contributed by atoms with Crippen LogP contribution in [0, 0.1) is 0 Å². The minimum atomic E-state index is -0.385. The summed E-state index contributed by atoms with van der Waals surface area (Å²) in [5, 5.41) is 14.3. The standard InChI is InChI=1S/C14H10Cl2N2O2/c15-10-6-4-9(5-7-10)14(20)18-17-8-11-12(16)2-1-3-13(11)19/h1-8,19H,(H,18,20)/b17-8+. The van der Waals surface area contributed by atoms with Gasteiger partial charge in [-0.05, 0) is 36.4 Å². The van der Waals surface area contributed by atoms with Crippen molar-refractivity contribution in [2.75, 3.05) is 0 Å². The van der Waals surface area contributed by atoms with E-state index in [2.05, 4.69) is 10.5 Å². The molecular weight excluding hydrogens is 299 g/mol. The van der Waals surface area contributed by atoms with E-state index in [0.29, 0.717) is 21.2 Å². The van der Waals surface area contributed by atoms with Gasteiger partial charge in [-0.25, -0.2) is 5.43 Å². The second-order valence-corrected chi connectivity index (χ2v) is 4.72. The number of carbonyl (C=O) groups is 1. The van der Waals surface area contributed by atoms with E-state index >= 15 is 0 Å². The van der Waals surface area contributed by atoms with Gasteiger partial charge in [-0.15, -0.1) is 0 Å². The minimum Gasteiger partial charge on any atom is -0.507 e. The summed E-state index contributed by atoms with van der Waals surface area (Å²) in [6, 6.07) is 11.1. The first-order chi connectivity index (χ1) is 9.58. The number of rotatable bonds is 3. The fourth-order valence-corrected chi connectivity index (χ4v) is 1.82. The van der Waals surface area contributed by atoms with Crippen molar-refractivity contribution in [3.63, 3.8) is 0 Å². The second-order valence-electron chi connectivity index (χ2n) is 3.88. The Kier molecular flexibility index (Phi) is 4.61. The third kappa shape index (κ3) is 3.50. The maximum atomic E-state index is 11.8. The molecule has 0 atom stereocenters. The number of amides is 1.